The molecule has 5 rings (SSSR count). The highest BCUT2D eigenvalue weighted by molar-refractivity contribution is 8.00. The van der Waals surface area contributed by atoms with Gasteiger partial charge in [0.05, 0.1) is 27.7 Å². The summed E-state index contributed by atoms with van der Waals surface area (Å²) in [6.45, 7) is 0. The van der Waals surface area contributed by atoms with E-state index in [1.54, 1.807) is 23.1 Å². The van der Waals surface area contributed by atoms with Crippen LogP contribution in [-0.2, 0) is 9.59 Å². The van der Waals surface area contributed by atoms with Gasteiger partial charge in [-0.05, 0) is 42.7 Å². The molecule has 0 N–H and O–H groups in total. The van der Waals surface area contributed by atoms with Crippen LogP contribution in [0, 0.1) is 23.7 Å². The molecule has 0 radical (unpaired) electrons. The average molecular weight is 342 g/mol. The normalized spacial score (nSPS) is 31.6. The number of allylic oxidation sites excluding steroid dienone is 2. The fraction of sp³-hybridized carbons (Fsp3) is 0.353. The van der Waals surface area contributed by atoms with E-state index >= 15 is 0 Å². The minimum atomic E-state index is -0.142. The summed E-state index contributed by atoms with van der Waals surface area (Å²) >= 11 is 3.21. The number of fused-ring (bicyclic) bond motifs is 6. The minimum Gasteiger partial charge on any atom is -0.274 e. The molecule has 3 aliphatic rings. The van der Waals surface area contributed by atoms with Gasteiger partial charge < -0.3 is 0 Å². The van der Waals surface area contributed by atoms with Crippen molar-refractivity contribution in [3.63, 3.8) is 0 Å². The lowest BCUT2D eigenvalue weighted by molar-refractivity contribution is -0.123. The van der Waals surface area contributed by atoms with Crippen molar-refractivity contribution in [1.82, 2.24) is 4.98 Å². The summed E-state index contributed by atoms with van der Waals surface area (Å²) in [6.07, 6.45) is 7.21. The van der Waals surface area contributed by atoms with Gasteiger partial charge in [0.2, 0.25) is 11.8 Å². The molecular formula is C17H14N2O2S2. The van der Waals surface area contributed by atoms with Crippen LogP contribution >= 0.6 is 23.1 Å². The molecule has 4 atom stereocenters. The molecule has 1 aromatic carbocycles. The van der Waals surface area contributed by atoms with E-state index in [0.717, 1.165) is 21.0 Å². The molecule has 0 unspecified atom stereocenters. The molecule has 0 spiro atoms. The van der Waals surface area contributed by atoms with Crippen molar-refractivity contribution in [3.8, 4) is 0 Å². The number of thioether (sulfide) groups is 1. The molecule has 2 aliphatic carbocycles. The van der Waals surface area contributed by atoms with Crippen molar-refractivity contribution < 1.29 is 9.59 Å². The van der Waals surface area contributed by atoms with Crippen LogP contribution < -0.4 is 4.90 Å². The minimum absolute atomic E-state index is 0.0224. The Morgan fingerprint density at radius 2 is 1.87 bits per heavy atom. The fourth-order valence-electron chi connectivity index (χ4n) is 4.28. The van der Waals surface area contributed by atoms with Crippen molar-refractivity contribution in [1.29, 1.82) is 0 Å². The maximum atomic E-state index is 12.8. The first-order chi connectivity index (χ1) is 11.2. The highest BCUT2D eigenvalue weighted by atomic mass is 32.2. The molecule has 1 saturated heterocycles. The number of benzene rings is 1. The van der Waals surface area contributed by atoms with Crippen molar-refractivity contribution in [2.45, 2.75) is 10.8 Å². The lowest BCUT2D eigenvalue weighted by atomic mass is 9.85. The molecule has 23 heavy (non-hydrogen) atoms. The summed E-state index contributed by atoms with van der Waals surface area (Å²) < 4.78 is 2.01. The zero-order chi connectivity index (χ0) is 15.7. The van der Waals surface area contributed by atoms with Crippen LogP contribution in [0.25, 0.3) is 10.2 Å². The summed E-state index contributed by atoms with van der Waals surface area (Å²) in [6, 6.07) is 5.68. The number of hydrogen-bond acceptors (Lipinski definition) is 5. The van der Waals surface area contributed by atoms with E-state index in [9.17, 15) is 9.59 Å². The van der Waals surface area contributed by atoms with E-state index in [4.69, 9.17) is 0 Å². The predicted octanol–water partition coefficient (Wildman–Crippen LogP) is 3.33. The number of imide groups is 1. The molecule has 6 heteroatoms. The second-order valence-electron chi connectivity index (χ2n) is 6.35. The van der Waals surface area contributed by atoms with E-state index in [0.29, 0.717) is 5.69 Å². The van der Waals surface area contributed by atoms with Crippen LogP contribution in [0.5, 0.6) is 0 Å². The third-order valence-electron chi connectivity index (χ3n) is 5.26. The number of carbonyl (C=O) groups excluding carboxylic acids is 2. The van der Waals surface area contributed by atoms with Crippen molar-refractivity contribution in [2.24, 2.45) is 23.7 Å². The summed E-state index contributed by atoms with van der Waals surface area (Å²) in [5.41, 5.74) is 1.61. The van der Waals surface area contributed by atoms with Gasteiger partial charge in [-0.15, -0.1) is 11.3 Å². The largest absolute Gasteiger partial charge is 0.274 e. The molecule has 116 valence electrons. The first-order valence-electron chi connectivity index (χ1n) is 7.68. The van der Waals surface area contributed by atoms with E-state index in [1.807, 2.05) is 24.5 Å². The van der Waals surface area contributed by atoms with Crippen molar-refractivity contribution in [2.75, 3.05) is 11.2 Å². The van der Waals surface area contributed by atoms with Gasteiger partial charge in [-0.1, -0.05) is 23.9 Å². The molecule has 1 saturated carbocycles. The number of hydrogen-bond donors (Lipinski definition) is 0. The van der Waals surface area contributed by atoms with Gasteiger partial charge in [-0.2, -0.15) is 0 Å². The van der Waals surface area contributed by atoms with Crippen molar-refractivity contribution >= 4 is 50.8 Å². The van der Waals surface area contributed by atoms with Gasteiger partial charge in [-0.25, -0.2) is 9.88 Å². The molecule has 1 aromatic heterocycles. The maximum absolute atomic E-state index is 12.8. The summed E-state index contributed by atoms with van der Waals surface area (Å²) in [5.74, 6) is 0.174. The van der Waals surface area contributed by atoms with E-state index < -0.39 is 0 Å². The molecule has 2 amide bonds. The number of carbonyl (C=O) groups is 2. The molecule has 2 fully saturated rings. The van der Waals surface area contributed by atoms with Gasteiger partial charge in [0.1, 0.15) is 0 Å². The molecule has 1 aliphatic heterocycles. The van der Waals surface area contributed by atoms with Gasteiger partial charge >= 0.3 is 0 Å². The Hall–Kier alpha value is -1.66. The highest BCUT2D eigenvalue weighted by Gasteiger charge is 2.59. The van der Waals surface area contributed by atoms with Crippen LogP contribution in [0.4, 0.5) is 5.69 Å². The van der Waals surface area contributed by atoms with Gasteiger partial charge in [0.25, 0.3) is 0 Å². The Kier molecular flexibility index (Phi) is 2.79. The van der Waals surface area contributed by atoms with Crippen LogP contribution in [0.15, 0.2) is 34.7 Å². The Bertz CT molecular complexity index is 858. The zero-order valence-corrected chi connectivity index (χ0v) is 14.1. The molecule has 4 nitrogen and oxygen atoms in total. The van der Waals surface area contributed by atoms with Crippen LogP contribution in [0.3, 0.4) is 0 Å². The van der Waals surface area contributed by atoms with Crippen LogP contribution in [0.2, 0.25) is 0 Å². The standard InChI is InChI=1S/C17H14N2O2S2/c1-22-17-18-11-5-4-10(7-12(11)23-17)19-15(20)13-8-2-3-9(6-8)14(13)16(19)21/h2-5,7-9,13-14H,6H2,1H3/t8-,9-,13-,14+/m0/s1. The first kappa shape index (κ1) is 13.7. The number of amides is 2. The quantitative estimate of drug-likeness (QED) is 0.477. The van der Waals surface area contributed by atoms with Gasteiger partial charge in [0.15, 0.2) is 4.34 Å². The molecule has 2 heterocycles. The smallest absolute Gasteiger partial charge is 0.238 e. The molecule has 2 bridgehead atoms. The predicted molar refractivity (Wildman–Crippen MR) is 91.6 cm³/mol. The molecule has 2 aromatic rings. The Labute approximate surface area is 141 Å². The van der Waals surface area contributed by atoms with Crippen molar-refractivity contribution in [3.05, 3.63) is 30.4 Å². The SMILES string of the molecule is CSc1nc2ccc(N3C(=O)[C@@H]4[C@H](C3=O)[C@H]3C=C[C@H]4C3)cc2s1. The number of rotatable bonds is 2. The third-order valence-corrected chi connectivity index (χ3v) is 7.26. The lowest BCUT2D eigenvalue weighted by Crippen LogP contribution is -2.32. The second-order valence-corrected chi connectivity index (χ2v) is 8.43. The van der Waals surface area contributed by atoms with E-state index in [1.165, 1.54) is 4.90 Å². The number of nitrogens with zero attached hydrogens (tertiary/aromatic N) is 2. The number of aromatic nitrogens is 1. The monoisotopic (exact) mass is 342 g/mol. The number of anilines is 1. The second kappa shape index (κ2) is 4.68. The Morgan fingerprint density at radius 3 is 2.52 bits per heavy atom. The van der Waals surface area contributed by atoms with Crippen LogP contribution in [-0.4, -0.2) is 23.1 Å². The summed E-state index contributed by atoms with van der Waals surface area (Å²) in [4.78, 5) is 31.6. The van der Waals surface area contributed by atoms with Gasteiger partial charge in [0, 0.05) is 0 Å². The van der Waals surface area contributed by atoms with E-state index in [2.05, 4.69) is 17.1 Å². The maximum Gasteiger partial charge on any atom is 0.238 e. The Balaban J connectivity index is 1.57. The summed E-state index contributed by atoms with van der Waals surface area (Å²) in [7, 11) is 0. The molecular weight excluding hydrogens is 328 g/mol. The average Bonchev–Trinajstić information content (AvgIpc) is 3.29. The van der Waals surface area contributed by atoms with Crippen LogP contribution in [0.1, 0.15) is 6.42 Å². The zero-order valence-electron chi connectivity index (χ0n) is 12.4. The summed E-state index contributed by atoms with van der Waals surface area (Å²) in [5, 5.41) is 0. The van der Waals surface area contributed by atoms with Gasteiger partial charge in [-0.3, -0.25) is 9.59 Å². The third kappa shape index (κ3) is 1.76. The first-order valence-corrected chi connectivity index (χ1v) is 9.72. The highest BCUT2D eigenvalue weighted by Crippen LogP contribution is 2.53. The Morgan fingerprint density at radius 1 is 1.17 bits per heavy atom. The van der Waals surface area contributed by atoms with E-state index in [-0.39, 0.29) is 35.5 Å². The lowest BCUT2D eigenvalue weighted by Gasteiger charge is -2.17. The number of thiazole rings is 1. The topological polar surface area (TPSA) is 50.3 Å². The fourth-order valence-corrected chi connectivity index (χ4v) is 5.80.